The lowest BCUT2D eigenvalue weighted by Gasteiger charge is -2.07. The number of aryl methyl sites for hydroxylation is 1. The fourth-order valence-electron chi connectivity index (χ4n) is 3.04. The molecule has 1 heterocycles. The average Bonchev–Trinajstić information content (AvgIpc) is 2.68. The third-order valence-corrected chi connectivity index (χ3v) is 4.71. The molecule has 1 N–H and O–H groups in total. The van der Waals surface area contributed by atoms with Gasteiger partial charge in [-0.1, -0.05) is 48.0 Å². The van der Waals surface area contributed by atoms with Gasteiger partial charge in [-0.15, -0.1) is 0 Å². The third-order valence-electron chi connectivity index (χ3n) is 4.42. The maximum absolute atomic E-state index is 12.6. The molecule has 0 fully saturated rings. The Morgan fingerprint density at radius 3 is 2.59 bits per heavy atom. The van der Waals surface area contributed by atoms with Crippen LogP contribution < -0.4 is 10.7 Å². The molecule has 1 aromatic heterocycles. The van der Waals surface area contributed by atoms with E-state index in [2.05, 4.69) is 5.32 Å². The smallest absolute Gasteiger partial charge is 0.224 e. The number of hydrogen-bond donors (Lipinski definition) is 1. The van der Waals surface area contributed by atoms with E-state index >= 15 is 0 Å². The molecule has 4 rings (SSSR count). The van der Waals surface area contributed by atoms with Crippen molar-refractivity contribution in [3.63, 3.8) is 0 Å². The van der Waals surface area contributed by atoms with E-state index in [-0.39, 0.29) is 11.3 Å². The number of anilines is 1. The van der Waals surface area contributed by atoms with Gasteiger partial charge < -0.3 is 9.73 Å². The van der Waals surface area contributed by atoms with Gasteiger partial charge in [0.15, 0.2) is 5.58 Å². The van der Waals surface area contributed by atoms with Gasteiger partial charge in [0.2, 0.25) is 11.3 Å². The van der Waals surface area contributed by atoms with Crippen LogP contribution in [0.1, 0.15) is 12.0 Å². The Hall–Kier alpha value is -3.11. The van der Waals surface area contributed by atoms with Crippen LogP contribution in [0.5, 0.6) is 0 Å². The van der Waals surface area contributed by atoms with Crippen LogP contribution in [0.2, 0.25) is 5.02 Å². The maximum Gasteiger partial charge on any atom is 0.224 e. The van der Waals surface area contributed by atoms with Gasteiger partial charge >= 0.3 is 0 Å². The van der Waals surface area contributed by atoms with E-state index in [9.17, 15) is 9.59 Å². The van der Waals surface area contributed by atoms with Crippen LogP contribution in [0.4, 0.5) is 5.69 Å². The molecule has 27 heavy (non-hydrogen) atoms. The Labute approximate surface area is 160 Å². The highest BCUT2D eigenvalue weighted by atomic mass is 35.5. The first-order valence-corrected chi connectivity index (χ1v) is 8.98. The average molecular weight is 378 g/mol. The van der Waals surface area contributed by atoms with Gasteiger partial charge in [0.1, 0.15) is 5.58 Å². The molecule has 0 bridgehead atoms. The molecule has 0 radical (unpaired) electrons. The van der Waals surface area contributed by atoms with Crippen molar-refractivity contribution in [1.29, 1.82) is 0 Å². The highest BCUT2D eigenvalue weighted by Crippen LogP contribution is 2.26. The first kappa shape index (κ1) is 17.3. The molecule has 0 aliphatic rings. The minimum Gasteiger partial charge on any atom is -0.454 e. The lowest BCUT2D eigenvalue weighted by atomic mass is 10.1. The summed E-state index contributed by atoms with van der Waals surface area (Å²) in [4.78, 5) is 24.9. The van der Waals surface area contributed by atoms with Crippen molar-refractivity contribution in [2.24, 2.45) is 0 Å². The summed E-state index contributed by atoms with van der Waals surface area (Å²) >= 11 is 6.15. The van der Waals surface area contributed by atoms with E-state index in [4.69, 9.17) is 16.0 Å². The van der Waals surface area contributed by atoms with Crippen molar-refractivity contribution in [2.75, 3.05) is 5.32 Å². The van der Waals surface area contributed by atoms with E-state index in [0.717, 1.165) is 5.56 Å². The summed E-state index contributed by atoms with van der Waals surface area (Å²) in [5.74, 6) is -0.0978. The topological polar surface area (TPSA) is 59.3 Å². The minimum atomic E-state index is -0.143. The zero-order valence-electron chi connectivity index (χ0n) is 14.4. The second-order valence-corrected chi connectivity index (χ2v) is 6.70. The molecule has 0 saturated heterocycles. The molecule has 0 aliphatic carbocycles. The number of fused-ring (bicyclic) bond motifs is 2. The summed E-state index contributed by atoms with van der Waals surface area (Å²) in [5.41, 5.74) is 2.29. The maximum atomic E-state index is 12.6. The normalized spacial score (nSPS) is 11.0. The van der Waals surface area contributed by atoms with E-state index < -0.39 is 0 Å². The molecule has 134 valence electrons. The minimum absolute atomic E-state index is 0.0978. The SMILES string of the molecule is O=C(CCc1ccccc1)Nc1ccc2c(=O)c3cccc(Cl)c3oc2c1. The van der Waals surface area contributed by atoms with E-state index in [1.165, 1.54) is 0 Å². The summed E-state index contributed by atoms with van der Waals surface area (Å²) < 4.78 is 5.83. The van der Waals surface area contributed by atoms with Crippen molar-refractivity contribution >= 4 is 45.1 Å². The second kappa shape index (κ2) is 7.25. The number of rotatable bonds is 4. The molecule has 4 aromatic rings. The van der Waals surface area contributed by atoms with E-state index in [1.54, 1.807) is 36.4 Å². The fraction of sp³-hybridized carbons (Fsp3) is 0.0909. The first-order chi connectivity index (χ1) is 13.1. The summed E-state index contributed by atoms with van der Waals surface area (Å²) in [7, 11) is 0. The highest BCUT2D eigenvalue weighted by Gasteiger charge is 2.11. The van der Waals surface area contributed by atoms with Gasteiger partial charge in [0, 0.05) is 18.2 Å². The standard InChI is InChI=1S/C22H16ClNO3/c23-18-8-4-7-17-21(26)16-11-10-15(13-19(16)27-22(17)18)24-20(25)12-9-14-5-2-1-3-6-14/h1-8,10-11,13H,9,12H2,(H,24,25). The van der Waals surface area contributed by atoms with Gasteiger partial charge in [0.05, 0.1) is 15.8 Å². The number of amides is 1. The molecule has 0 spiro atoms. The Bertz CT molecular complexity index is 1200. The zero-order chi connectivity index (χ0) is 18.8. The molecular formula is C22H16ClNO3. The molecule has 0 saturated carbocycles. The fourth-order valence-corrected chi connectivity index (χ4v) is 3.26. The van der Waals surface area contributed by atoms with E-state index in [1.807, 2.05) is 30.3 Å². The summed E-state index contributed by atoms with van der Waals surface area (Å²) in [6, 6.07) is 19.9. The number of benzene rings is 3. The molecule has 5 heteroatoms. The van der Waals surface area contributed by atoms with Crippen LogP contribution in [0.15, 0.2) is 75.9 Å². The van der Waals surface area contributed by atoms with Crippen molar-refractivity contribution in [2.45, 2.75) is 12.8 Å². The number of hydrogen-bond acceptors (Lipinski definition) is 3. The Kier molecular flexibility index (Phi) is 4.65. The van der Waals surface area contributed by atoms with E-state index in [0.29, 0.717) is 45.5 Å². The summed E-state index contributed by atoms with van der Waals surface area (Å²) in [5, 5.41) is 4.12. The number of para-hydroxylation sites is 1. The van der Waals surface area contributed by atoms with Gasteiger partial charge in [0.25, 0.3) is 0 Å². The zero-order valence-corrected chi connectivity index (χ0v) is 15.1. The predicted molar refractivity (Wildman–Crippen MR) is 108 cm³/mol. The predicted octanol–water partition coefficient (Wildman–Crippen LogP) is 5.17. The molecule has 0 atom stereocenters. The second-order valence-electron chi connectivity index (χ2n) is 6.29. The van der Waals surface area contributed by atoms with Gasteiger partial charge in [-0.3, -0.25) is 9.59 Å². The number of carbonyl (C=O) groups excluding carboxylic acids is 1. The van der Waals surface area contributed by atoms with Gasteiger partial charge in [-0.25, -0.2) is 0 Å². The van der Waals surface area contributed by atoms with Crippen LogP contribution in [-0.4, -0.2) is 5.91 Å². The quantitative estimate of drug-likeness (QED) is 0.499. The molecule has 0 unspecified atom stereocenters. The summed E-state index contributed by atoms with van der Waals surface area (Å²) in [6.07, 6.45) is 1.03. The molecule has 0 aliphatic heterocycles. The van der Waals surface area contributed by atoms with Gasteiger partial charge in [-0.05, 0) is 36.2 Å². The van der Waals surface area contributed by atoms with Crippen molar-refractivity contribution in [1.82, 2.24) is 0 Å². The van der Waals surface area contributed by atoms with Crippen LogP contribution in [-0.2, 0) is 11.2 Å². The van der Waals surface area contributed by atoms with Crippen LogP contribution in [0.3, 0.4) is 0 Å². The highest BCUT2D eigenvalue weighted by molar-refractivity contribution is 6.34. The van der Waals surface area contributed by atoms with Crippen LogP contribution in [0, 0.1) is 0 Å². The molecule has 3 aromatic carbocycles. The number of halogens is 1. The van der Waals surface area contributed by atoms with Crippen molar-refractivity contribution in [3.8, 4) is 0 Å². The summed E-state index contributed by atoms with van der Waals surface area (Å²) in [6.45, 7) is 0. The first-order valence-electron chi connectivity index (χ1n) is 8.61. The molecular weight excluding hydrogens is 362 g/mol. The monoisotopic (exact) mass is 377 g/mol. The largest absolute Gasteiger partial charge is 0.454 e. The Morgan fingerprint density at radius 1 is 0.963 bits per heavy atom. The lowest BCUT2D eigenvalue weighted by Crippen LogP contribution is -2.12. The van der Waals surface area contributed by atoms with Crippen LogP contribution >= 0.6 is 11.6 Å². The van der Waals surface area contributed by atoms with Gasteiger partial charge in [-0.2, -0.15) is 0 Å². The van der Waals surface area contributed by atoms with Crippen molar-refractivity contribution in [3.05, 3.63) is 87.5 Å². The number of carbonyl (C=O) groups is 1. The molecule has 4 nitrogen and oxygen atoms in total. The third kappa shape index (κ3) is 3.57. The Morgan fingerprint density at radius 2 is 1.78 bits per heavy atom. The Balaban J connectivity index is 1.59. The number of nitrogens with one attached hydrogen (secondary N) is 1. The van der Waals surface area contributed by atoms with Crippen LogP contribution in [0.25, 0.3) is 21.9 Å². The van der Waals surface area contributed by atoms with Crippen molar-refractivity contribution < 1.29 is 9.21 Å². The lowest BCUT2D eigenvalue weighted by molar-refractivity contribution is -0.116. The molecule has 1 amide bonds.